The third kappa shape index (κ3) is 2.05. The summed E-state index contributed by atoms with van der Waals surface area (Å²) in [5, 5.41) is 6.24. The molecule has 0 aliphatic carbocycles. The second-order valence-electron chi connectivity index (χ2n) is 4.85. The first-order chi connectivity index (χ1) is 7.47. The second kappa shape index (κ2) is 3.63. The monoisotopic (exact) mass is 217 g/mol. The maximum Gasteiger partial charge on any atom is 0.340 e. The van der Waals surface area contributed by atoms with Crippen LogP contribution >= 0.6 is 0 Å². The summed E-state index contributed by atoms with van der Waals surface area (Å²) in [6.45, 7) is 6.50. The molecule has 0 bridgehead atoms. The molecular formula is C12H15N3O. The van der Waals surface area contributed by atoms with Gasteiger partial charge in [0.25, 0.3) is 0 Å². The Morgan fingerprint density at radius 2 is 1.75 bits per heavy atom. The lowest BCUT2D eigenvalue weighted by molar-refractivity contribution is 0.590. The number of nitrogens with one attached hydrogen (secondary N) is 2. The van der Waals surface area contributed by atoms with Crippen molar-refractivity contribution in [1.82, 2.24) is 15.2 Å². The summed E-state index contributed by atoms with van der Waals surface area (Å²) in [7, 11) is 0. The van der Waals surface area contributed by atoms with Crippen LogP contribution in [0.1, 0.15) is 26.3 Å². The predicted octanol–water partition coefficient (Wildman–Crippen LogP) is 2.06. The molecule has 0 atom stereocenters. The molecule has 0 fully saturated rings. The highest BCUT2D eigenvalue weighted by atomic mass is 16.1. The molecular weight excluding hydrogens is 202 g/mol. The van der Waals surface area contributed by atoms with Crippen LogP contribution in [0.4, 0.5) is 0 Å². The van der Waals surface area contributed by atoms with Crippen molar-refractivity contribution < 1.29 is 0 Å². The molecule has 4 heteroatoms. The van der Waals surface area contributed by atoms with Gasteiger partial charge in [0.15, 0.2) is 5.82 Å². The van der Waals surface area contributed by atoms with Crippen LogP contribution in [0.25, 0.3) is 11.4 Å². The Morgan fingerprint density at radius 1 is 1.12 bits per heavy atom. The van der Waals surface area contributed by atoms with Crippen molar-refractivity contribution in [3.8, 4) is 11.4 Å². The first-order valence-electron chi connectivity index (χ1n) is 5.22. The molecule has 16 heavy (non-hydrogen) atoms. The Balaban J connectivity index is 2.36. The summed E-state index contributed by atoms with van der Waals surface area (Å²) < 4.78 is 0. The third-order valence-corrected chi connectivity index (χ3v) is 2.53. The maximum absolute atomic E-state index is 10.9. The Bertz CT molecular complexity index is 528. The molecule has 0 aliphatic rings. The van der Waals surface area contributed by atoms with Crippen molar-refractivity contribution in [2.24, 2.45) is 0 Å². The third-order valence-electron chi connectivity index (χ3n) is 2.53. The van der Waals surface area contributed by atoms with Crippen LogP contribution in [-0.2, 0) is 5.41 Å². The van der Waals surface area contributed by atoms with Gasteiger partial charge in [0.2, 0.25) is 0 Å². The normalized spacial score (nSPS) is 11.7. The zero-order valence-electron chi connectivity index (χ0n) is 9.66. The van der Waals surface area contributed by atoms with Gasteiger partial charge < -0.3 is 0 Å². The minimum Gasteiger partial charge on any atom is -0.289 e. The Hall–Kier alpha value is -1.84. The van der Waals surface area contributed by atoms with Gasteiger partial charge in [0.05, 0.1) is 0 Å². The highest BCUT2D eigenvalue weighted by Crippen LogP contribution is 2.24. The molecule has 0 aliphatic heterocycles. The fourth-order valence-electron chi connectivity index (χ4n) is 1.53. The lowest BCUT2D eigenvalue weighted by Gasteiger charge is -2.18. The first-order valence-corrected chi connectivity index (χ1v) is 5.22. The average Bonchev–Trinajstić information content (AvgIpc) is 2.64. The molecule has 1 aromatic carbocycles. The summed E-state index contributed by atoms with van der Waals surface area (Å²) in [6.07, 6.45) is 0. The number of hydrogen-bond acceptors (Lipinski definition) is 2. The van der Waals surface area contributed by atoms with Crippen LogP contribution in [0.3, 0.4) is 0 Å². The lowest BCUT2D eigenvalue weighted by Crippen LogP contribution is -2.10. The minimum atomic E-state index is -0.283. The van der Waals surface area contributed by atoms with Gasteiger partial charge >= 0.3 is 5.69 Å². The number of aromatic nitrogens is 3. The average molecular weight is 217 g/mol. The second-order valence-corrected chi connectivity index (χ2v) is 4.85. The van der Waals surface area contributed by atoms with Crippen LogP contribution in [-0.4, -0.2) is 15.2 Å². The molecule has 0 amide bonds. The van der Waals surface area contributed by atoms with Crippen molar-refractivity contribution in [2.45, 2.75) is 26.2 Å². The van der Waals surface area contributed by atoms with Gasteiger partial charge in [0, 0.05) is 5.56 Å². The maximum atomic E-state index is 10.9. The van der Waals surface area contributed by atoms with Crippen molar-refractivity contribution >= 4 is 0 Å². The molecule has 0 radical (unpaired) electrons. The summed E-state index contributed by atoms with van der Waals surface area (Å²) in [4.78, 5) is 13.5. The van der Waals surface area contributed by atoms with Crippen LogP contribution < -0.4 is 5.69 Å². The van der Waals surface area contributed by atoms with Crippen molar-refractivity contribution in [2.75, 3.05) is 0 Å². The number of hydrogen-bond donors (Lipinski definition) is 2. The summed E-state index contributed by atoms with van der Waals surface area (Å²) >= 11 is 0. The smallest absolute Gasteiger partial charge is 0.289 e. The molecule has 0 spiro atoms. The number of aromatic amines is 2. The minimum absolute atomic E-state index is 0.136. The van der Waals surface area contributed by atoms with E-state index >= 15 is 0 Å². The number of H-pyrrole nitrogens is 2. The summed E-state index contributed by atoms with van der Waals surface area (Å²) in [5.41, 5.74) is 2.02. The molecule has 0 saturated carbocycles. The van der Waals surface area contributed by atoms with Crippen molar-refractivity contribution in [3.05, 3.63) is 40.3 Å². The number of nitrogens with zero attached hydrogens (tertiary/aromatic N) is 1. The predicted molar refractivity (Wildman–Crippen MR) is 63.3 cm³/mol. The molecule has 2 rings (SSSR count). The summed E-state index contributed by atoms with van der Waals surface area (Å²) in [5.74, 6) is 0.574. The molecule has 2 aromatic rings. The largest absolute Gasteiger partial charge is 0.340 e. The zero-order chi connectivity index (χ0) is 11.8. The van der Waals surface area contributed by atoms with E-state index in [0.717, 1.165) is 5.56 Å². The van der Waals surface area contributed by atoms with Crippen LogP contribution in [0.2, 0.25) is 0 Å². The van der Waals surface area contributed by atoms with E-state index in [9.17, 15) is 4.79 Å². The fourth-order valence-corrected chi connectivity index (χ4v) is 1.53. The van der Waals surface area contributed by atoms with E-state index in [1.165, 1.54) is 5.56 Å². The molecule has 4 nitrogen and oxygen atoms in total. The van der Waals surface area contributed by atoms with Crippen LogP contribution in [0, 0.1) is 0 Å². The van der Waals surface area contributed by atoms with E-state index in [0.29, 0.717) is 5.82 Å². The highest BCUT2D eigenvalue weighted by molar-refractivity contribution is 5.54. The molecule has 0 unspecified atom stereocenters. The van der Waals surface area contributed by atoms with Crippen LogP contribution in [0.15, 0.2) is 29.1 Å². The quantitative estimate of drug-likeness (QED) is 0.768. The SMILES string of the molecule is CC(C)(C)c1ccc(-c2n[nH]c(=O)[nH]2)cc1. The van der Waals surface area contributed by atoms with Gasteiger partial charge in [-0.2, -0.15) is 5.10 Å². The van der Waals surface area contributed by atoms with Crippen LogP contribution in [0.5, 0.6) is 0 Å². The van der Waals surface area contributed by atoms with Crippen molar-refractivity contribution in [1.29, 1.82) is 0 Å². The molecule has 0 saturated heterocycles. The topological polar surface area (TPSA) is 61.5 Å². The van der Waals surface area contributed by atoms with E-state index in [2.05, 4.69) is 48.1 Å². The van der Waals surface area contributed by atoms with E-state index in [1.54, 1.807) is 0 Å². The number of benzene rings is 1. The van der Waals surface area contributed by atoms with E-state index < -0.39 is 0 Å². The van der Waals surface area contributed by atoms with E-state index in [4.69, 9.17) is 0 Å². The number of rotatable bonds is 1. The van der Waals surface area contributed by atoms with Gasteiger partial charge in [0.1, 0.15) is 0 Å². The van der Waals surface area contributed by atoms with Crippen molar-refractivity contribution in [3.63, 3.8) is 0 Å². The van der Waals surface area contributed by atoms with Gasteiger partial charge in [-0.05, 0) is 11.0 Å². The highest BCUT2D eigenvalue weighted by Gasteiger charge is 2.13. The standard InChI is InChI=1S/C12H15N3O/c1-12(2,3)9-6-4-8(5-7-9)10-13-11(16)15-14-10/h4-7H,1-3H3,(H2,13,14,15,16). The van der Waals surface area contributed by atoms with Gasteiger partial charge in [-0.1, -0.05) is 45.0 Å². The molecule has 1 heterocycles. The molecule has 2 N–H and O–H groups in total. The Morgan fingerprint density at radius 3 is 2.19 bits per heavy atom. The molecule has 84 valence electrons. The zero-order valence-corrected chi connectivity index (χ0v) is 9.66. The first kappa shape index (κ1) is 10.7. The Kier molecular flexibility index (Phi) is 2.42. The lowest BCUT2D eigenvalue weighted by atomic mass is 9.87. The van der Waals surface area contributed by atoms with Gasteiger partial charge in [-0.25, -0.2) is 9.89 Å². The molecule has 1 aromatic heterocycles. The van der Waals surface area contributed by atoms with Gasteiger partial charge in [-0.3, -0.25) is 4.98 Å². The van der Waals surface area contributed by atoms with E-state index in [-0.39, 0.29) is 11.1 Å². The van der Waals surface area contributed by atoms with Gasteiger partial charge in [-0.15, -0.1) is 0 Å². The Labute approximate surface area is 93.7 Å². The summed E-state index contributed by atoms with van der Waals surface area (Å²) in [6, 6.07) is 8.05. The van der Waals surface area contributed by atoms with E-state index in [1.807, 2.05) is 12.1 Å². The fraction of sp³-hybridized carbons (Fsp3) is 0.333.